The number of aldehydes is 1. The van der Waals surface area contributed by atoms with Crippen LogP contribution in [0.4, 0.5) is 0 Å². The molecule has 0 saturated carbocycles. The quantitative estimate of drug-likeness (QED) is 0.768. The summed E-state index contributed by atoms with van der Waals surface area (Å²) in [6.45, 7) is 2.42. The SMILES string of the molecule is CCOc1cc(C=O)nc2ccc(Cl)cc12. The number of benzene rings is 1. The Labute approximate surface area is 98.0 Å². The topological polar surface area (TPSA) is 39.2 Å². The molecule has 0 unspecified atom stereocenters. The van der Waals surface area contributed by atoms with Crippen molar-refractivity contribution >= 4 is 28.8 Å². The first-order valence-electron chi connectivity index (χ1n) is 4.93. The first-order chi connectivity index (χ1) is 7.74. The molecule has 0 N–H and O–H groups in total. The Morgan fingerprint density at radius 1 is 1.44 bits per heavy atom. The number of carbonyl (C=O) groups is 1. The summed E-state index contributed by atoms with van der Waals surface area (Å²) >= 11 is 5.91. The van der Waals surface area contributed by atoms with E-state index in [9.17, 15) is 4.79 Å². The highest BCUT2D eigenvalue weighted by Gasteiger charge is 2.06. The third-order valence-electron chi connectivity index (χ3n) is 2.17. The highest BCUT2D eigenvalue weighted by molar-refractivity contribution is 6.31. The zero-order chi connectivity index (χ0) is 11.5. The van der Waals surface area contributed by atoms with Crippen molar-refractivity contribution in [1.29, 1.82) is 0 Å². The predicted octanol–water partition coefficient (Wildman–Crippen LogP) is 3.10. The largest absolute Gasteiger partial charge is 0.493 e. The average molecular weight is 236 g/mol. The van der Waals surface area contributed by atoms with Gasteiger partial charge in [-0.2, -0.15) is 0 Å². The van der Waals surface area contributed by atoms with Crippen LogP contribution < -0.4 is 4.74 Å². The Hall–Kier alpha value is -1.61. The number of carbonyl (C=O) groups excluding carboxylic acids is 1. The average Bonchev–Trinajstić information content (AvgIpc) is 2.30. The fraction of sp³-hybridized carbons (Fsp3) is 0.167. The van der Waals surface area contributed by atoms with E-state index >= 15 is 0 Å². The molecule has 0 saturated heterocycles. The Kier molecular flexibility index (Phi) is 3.06. The minimum absolute atomic E-state index is 0.360. The smallest absolute Gasteiger partial charge is 0.168 e. The predicted molar refractivity (Wildman–Crippen MR) is 63.3 cm³/mol. The molecule has 0 bridgehead atoms. The van der Waals surface area contributed by atoms with Gasteiger partial charge >= 0.3 is 0 Å². The number of aromatic nitrogens is 1. The highest BCUT2D eigenvalue weighted by Crippen LogP contribution is 2.27. The van der Waals surface area contributed by atoms with Crippen molar-refractivity contribution in [3.05, 3.63) is 35.0 Å². The first-order valence-corrected chi connectivity index (χ1v) is 5.30. The molecule has 0 fully saturated rings. The molecule has 1 heterocycles. The van der Waals surface area contributed by atoms with Gasteiger partial charge in [0.15, 0.2) is 6.29 Å². The van der Waals surface area contributed by atoms with Gasteiger partial charge in [-0.25, -0.2) is 4.98 Å². The van der Waals surface area contributed by atoms with Gasteiger partial charge < -0.3 is 4.74 Å². The van der Waals surface area contributed by atoms with Crippen LogP contribution in [-0.4, -0.2) is 17.9 Å². The second kappa shape index (κ2) is 4.49. The van der Waals surface area contributed by atoms with Gasteiger partial charge in [-0.15, -0.1) is 0 Å². The number of nitrogens with zero attached hydrogens (tertiary/aromatic N) is 1. The van der Waals surface area contributed by atoms with Crippen LogP contribution in [0.1, 0.15) is 17.4 Å². The molecule has 4 heteroatoms. The minimum atomic E-state index is 0.360. The fourth-order valence-electron chi connectivity index (χ4n) is 1.52. The Morgan fingerprint density at radius 2 is 2.25 bits per heavy atom. The van der Waals surface area contributed by atoms with Gasteiger partial charge in [-0.05, 0) is 25.1 Å². The van der Waals surface area contributed by atoms with Gasteiger partial charge in [0, 0.05) is 16.5 Å². The summed E-state index contributed by atoms with van der Waals surface area (Å²) in [5.41, 5.74) is 1.07. The maximum atomic E-state index is 10.7. The summed E-state index contributed by atoms with van der Waals surface area (Å²) in [5, 5.41) is 1.44. The van der Waals surface area contributed by atoms with Gasteiger partial charge in [0.1, 0.15) is 11.4 Å². The summed E-state index contributed by atoms with van der Waals surface area (Å²) < 4.78 is 5.46. The van der Waals surface area contributed by atoms with E-state index in [4.69, 9.17) is 16.3 Å². The van der Waals surface area contributed by atoms with E-state index in [-0.39, 0.29) is 0 Å². The zero-order valence-electron chi connectivity index (χ0n) is 8.74. The maximum absolute atomic E-state index is 10.7. The van der Waals surface area contributed by atoms with E-state index in [1.54, 1.807) is 24.3 Å². The molecule has 3 nitrogen and oxygen atoms in total. The van der Waals surface area contributed by atoms with Crippen molar-refractivity contribution in [2.45, 2.75) is 6.92 Å². The Morgan fingerprint density at radius 3 is 2.94 bits per heavy atom. The summed E-state index contributed by atoms with van der Waals surface area (Å²) in [6, 6.07) is 6.91. The Bertz CT molecular complexity index is 540. The number of hydrogen-bond acceptors (Lipinski definition) is 3. The molecule has 0 aliphatic heterocycles. The van der Waals surface area contributed by atoms with Gasteiger partial charge in [0.2, 0.25) is 0 Å². The molecule has 2 aromatic rings. The van der Waals surface area contributed by atoms with Crippen molar-refractivity contribution in [1.82, 2.24) is 4.98 Å². The van der Waals surface area contributed by atoms with Gasteiger partial charge in [-0.3, -0.25) is 4.79 Å². The lowest BCUT2D eigenvalue weighted by Gasteiger charge is -2.08. The van der Waals surface area contributed by atoms with Crippen LogP contribution in [-0.2, 0) is 0 Å². The number of hydrogen-bond donors (Lipinski definition) is 0. The minimum Gasteiger partial charge on any atom is -0.493 e. The van der Waals surface area contributed by atoms with Crippen LogP contribution in [0.5, 0.6) is 5.75 Å². The second-order valence-corrected chi connectivity index (χ2v) is 3.69. The summed E-state index contributed by atoms with van der Waals surface area (Å²) in [5.74, 6) is 0.636. The van der Waals surface area contributed by atoms with Crippen molar-refractivity contribution < 1.29 is 9.53 Å². The maximum Gasteiger partial charge on any atom is 0.168 e. The molecule has 2 rings (SSSR count). The van der Waals surface area contributed by atoms with E-state index in [0.29, 0.717) is 34.9 Å². The van der Waals surface area contributed by atoms with E-state index in [1.807, 2.05) is 6.92 Å². The van der Waals surface area contributed by atoms with E-state index in [0.717, 1.165) is 5.39 Å². The molecule has 0 aliphatic rings. The number of halogens is 1. The van der Waals surface area contributed by atoms with E-state index in [2.05, 4.69) is 4.98 Å². The molecular formula is C12H10ClNO2. The van der Waals surface area contributed by atoms with E-state index in [1.165, 1.54) is 0 Å². The van der Waals surface area contributed by atoms with Crippen LogP contribution in [0.15, 0.2) is 24.3 Å². The number of ether oxygens (including phenoxy) is 1. The van der Waals surface area contributed by atoms with E-state index < -0.39 is 0 Å². The fourth-order valence-corrected chi connectivity index (χ4v) is 1.69. The number of pyridine rings is 1. The van der Waals surface area contributed by atoms with Crippen LogP contribution in [0, 0.1) is 0 Å². The second-order valence-electron chi connectivity index (χ2n) is 3.26. The van der Waals surface area contributed by atoms with Crippen molar-refractivity contribution in [3.8, 4) is 5.75 Å². The van der Waals surface area contributed by atoms with Crippen LogP contribution in [0.3, 0.4) is 0 Å². The van der Waals surface area contributed by atoms with Crippen molar-refractivity contribution in [3.63, 3.8) is 0 Å². The van der Waals surface area contributed by atoms with Crippen LogP contribution in [0.25, 0.3) is 10.9 Å². The lowest BCUT2D eigenvalue weighted by atomic mass is 10.2. The zero-order valence-corrected chi connectivity index (χ0v) is 9.49. The van der Waals surface area contributed by atoms with Gasteiger partial charge in [-0.1, -0.05) is 11.6 Å². The standard InChI is InChI=1S/C12H10ClNO2/c1-2-16-12-6-9(7-15)14-11-4-3-8(13)5-10(11)12/h3-7H,2H2,1H3. The summed E-state index contributed by atoms with van der Waals surface area (Å²) in [7, 11) is 0. The number of rotatable bonds is 3. The molecule has 0 atom stereocenters. The molecule has 1 aromatic heterocycles. The summed E-state index contributed by atoms with van der Waals surface area (Å²) in [4.78, 5) is 14.9. The molecule has 0 amide bonds. The molecule has 82 valence electrons. The highest BCUT2D eigenvalue weighted by atomic mass is 35.5. The van der Waals surface area contributed by atoms with Crippen molar-refractivity contribution in [2.24, 2.45) is 0 Å². The molecule has 1 aromatic carbocycles. The normalized spacial score (nSPS) is 10.4. The Balaban J connectivity index is 2.71. The lowest BCUT2D eigenvalue weighted by molar-refractivity contribution is 0.111. The third-order valence-corrected chi connectivity index (χ3v) is 2.41. The van der Waals surface area contributed by atoms with Crippen LogP contribution >= 0.6 is 11.6 Å². The monoisotopic (exact) mass is 235 g/mol. The van der Waals surface area contributed by atoms with Crippen molar-refractivity contribution in [2.75, 3.05) is 6.61 Å². The number of fused-ring (bicyclic) bond motifs is 1. The molecule has 0 aliphatic carbocycles. The van der Waals surface area contributed by atoms with Crippen LogP contribution in [0.2, 0.25) is 5.02 Å². The molecule has 16 heavy (non-hydrogen) atoms. The lowest BCUT2D eigenvalue weighted by Crippen LogP contribution is -1.96. The third kappa shape index (κ3) is 1.99. The molecule has 0 radical (unpaired) electrons. The molecule has 0 spiro atoms. The van der Waals surface area contributed by atoms with Gasteiger partial charge in [0.25, 0.3) is 0 Å². The first kappa shape index (κ1) is 10.9. The summed E-state index contributed by atoms with van der Waals surface area (Å²) in [6.07, 6.45) is 0.705. The molecular weight excluding hydrogens is 226 g/mol. The van der Waals surface area contributed by atoms with Gasteiger partial charge in [0.05, 0.1) is 12.1 Å².